The molecule has 2 aromatic carbocycles. The van der Waals surface area contributed by atoms with Crippen molar-refractivity contribution in [3.05, 3.63) is 83.7 Å². The summed E-state index contributed by atoms with van der Waals surface area (Å²) in [7, 11) is 0. The van der Waals surface area contributed by atoms with Crippen molar-refractivity contribution in [2.24, 2.45) is 9.98 Å². The van der Waals surface area contributed by atoms with Crippen molar-refractivity contribution < 1.29 is 18.6 Å². The third-order valence-electron chi connectivity index (χ3n) is 9.22. The zero-order valence-electron chi connectivity index (χ0n) is 26.3. The van der Waals surface area contributed by atoms with Crippen LogP contribution in [0.1, 0.15) is 97.6 Å². The van der Waals surface area contributed by atoms with E-state index in [9.17, 15) is 0 Å². The van der Waals surface area contributed by atoms with Gasteiger partial charge in [-0.2, -0.15) is 0 Å². The van der Waals surface area contributed by atoms with Crippen LogP contribution >= 0.6 is 0 Å². The van der Waals surface area contributed by atoms with Crippen molar-refractivity contribution in [2.45, 2.75) is 104 Å². The Kier molecular flexibility index (Phi) is 9.79. The Morgan fingerprint density at radius 3 is 0.842 bits per heavy atom. The summed E-state index contributed by atoms with van der Waals surface area (Å²) in [6.45, 7) is 32.6. The molecule has 0 aliphatic carbocycles. The van der Waals surface area contributed by atoms with Gasteiger partial charge < -0.3 is 0 Å². The Morgan fingerprint density at radius 1 is 0.368 bits per heavy atom. The fourth-order valence-electron chi connectivity index (χ4n) is 5.36. The Bertz CT molecular complexity index is 1340. The van der Waals surface area contributed by atoms with Gasteiger partial charge in [-0.3, -0.25) is 9.98 Å². The SMILES string of the molecule is CC(=Nc1c(C)c(C)c(C)c(C)c1C)c1nc(C(C)=Nc2c(C)c(C)c(C)c(C)c2C)c(C)c(C)c1C.[V]. The molecule has 38 heavy (non-hydrogen) atoms. The topological polar surface area (TPSA) is 37.6 Å². The fourth-order valence-corrected chi connectivity index (χ4v) is 5.36. The minimum atomic E-state index is 0. The maximum absolute atomic E-state index is 5.21. The van der Waals surface area contributed by atoms with Crippen LogP contribution in [0.3, 0.4) is 0 Å². The van der Waals surface area contributed by atoms with Crippen LogP contribution in [0.25, 0.3) is 0 Å². The van der Waals surface area contributed by atoms with Gasteiger partial charge >= 0.3 is 0 Å². The molecular weight excluding hydrogens is 501 g/mol. The van der Waals surface area contributed by atoms with Crippen molar-refractivity contribution in [2.75, 3.05) is 0 Å². The van der Waals surface area contributed by atoms with Crippen LogP contribution in [0.5, 0.6) is 0 Å². The number of nitrogens with zero attached hydrogens (tertiary/aromatic N) is 3. The monoisotopic (exact) mass is 546 g/mol. The van der Waals surface area contributed by atoms with Crippen molar-refractivity contribution in [3.63, 3.8) is 0 Å². The van der Waals surface area contributed by atoms with E-state index in [2.05, 4.69) is 104 Å². The smallest absolute Gasteiger partial charge is 0.0881 e. The standard InChI is InChI=1S/C34H45N3.V/c1-16-18(3)23(8)31(24(9)19(16)4)35-29(14)33-27(12)22(7)28(13)34(37-33)30(15)36-32-25(10)20(5)17(2)21(6)26(32)11;/h1-15H3;. The van der Waals surface area contributed by atoms with E-state index < -0.39 is 0 Å². The van der Waals surface area contributed by atoms with Crippen molar-refractivity contribution in [3.8, 4) is 0 Å². The Morgan fingerprint density at radius 2 is 0.579 bits per heavy atom. The molecule has 201 valence electrons. The van der Waals surface area contributed by atoms with Gasteiger partial charge in [-0.05, 0) is 176 Å². The number of benzene rings is 2. The summed E-state index contributed by atoms with van der Waals surface area (Å²) in [6.07, 6.45) is 0. The fraction of sp³-hybridized carbons (Fsp3) is 0.441. The average molecular weight is 547 g/mol. The van der Waals surface area contributed by atoms with E-state index in [1.54, 1.807) is 0 Å². The second-order valence-electron chi connectivity index (χ2n) is 11.0. The van der Waals surface area contributed by atoms with Crippen molar-refractivity contribution in [1.82, 2.24) is 4.98 Å². The maximum Gasteiger partial charge on any atom is 0.0881 e. The molecule has 0 atom stereocenters. The second-order valence-corrected chi connectivity index (χ2v) is 11.0. The van der Waals surface area contributed by atoms with Gasteiger partial charge in [0.15, 0.2) is 0 Å². The summed E-state index contributed by atoms with van der Waals surface area (Å²) >= 11 is 0. The first-order valence-electron chi connectivity index (χ1n) is 13.3. The van der Waals surface area contributed by atoms with E-state index in [1.807, 2.05) is 0 Å². The van der Waals surface area contributed by atoms with Gasteiger partial charge in [-0.25, -0.2) is 4.98 Å². The van der Waals surface area contributed by atoms with Crippen LogP contribution in [-0.2, 0) is 18.6 Å². The first-order valence-corrected chi connectivity index (χ1v) is 13.3. The molecular formula is C34H45N3V. The largest absolute Gasteiger partial charge is 0.251 e. The summed E-state index contributed by atoms with van der Waals surface area (Å²) in [5, 5.41) is 0. The molecule has 1 radical (unpaired) electrons. The van der Waals surface area contributed by atoms with Gasteiger partial charge in [-0.15, -0.1) is 0 Å². The van der Waals surface area contributed by atoms with E-state index in [1.165, 1.54) is 72.3 Å². The number of hydrogen-bond donors (Lipinski definition) is 0. The molecule has 0 aliphatic rings. The summed E-state index contributed by atoms with van der Waals surface area (Å²) < 4.78 is 0. The molecule has 0 unspecified atom stereocenters. The number of rotatable bonds is 4. The predicted octanol–water partition coefficient (Wildman–Crippen LogP) is 9.37. The molecule has 0 spiro atoms. The summed E-state index contributed by atoms with van der Waals surface area (Å²) in [5.41, 5.74) is 22.5. The van der Waals surface area contributed by atoms with Crippen LogP contribution < -0.4 is 0 Å². The van der Waals surface area contributed by atoms with Crippen molar-refractivity contribution in [1.29, 1.82) is 0 Å². The molecule has 3 nitrogen and oxygen atoms in total. The van der Waals surface area contributed by atoms with Crippen LogP contribution in [0.2, 0.25) is 0 Å². The van der Waals surface area contributed by atoms with Crippen LogP contribution in [0, 0.1) is 90.0 Å². The molecule has 0 saturated carbocycles. The van der Waals surface area contributed by atoms with E-state index in [0.717, 1.165) is 34.2 Å². The number of aliphatic imine (C=N–C) groups is 2. The van der Waals surface area contributed by atoms with Crippen LogP contribution in [0.15, 0.2) is 9.98 Å². The molecule has 1 heterocycles. The van der Waals surface area contributed by atoms with E-state index in [0.29, 0.717) is 0 Å². The summed E-state index contributed by atoms with van der Waals surface area (Å²) in [5.74, 6) is 0. The summed E-state index contributed by atoms with van der Waals surface area (Å²) in [6, 6.07) is 0. The third kappa shape index (κ3) is 5.33. The van der Waals surface area contributed by atoms with Gasteiger partial charge in [0.25, 0.3) is 0 Å². The molecule has 3 aromatic rings. The predicted molar refractivity (Wildman–Crippen MR) is 162 cm³/mol. The first kappa shape index (κ1) is 31.7. The minimum absolute atomic E-state index is 0. The van der Waals surface area contributed by atoms with Crippen LogP contribution in [-0.4, -0.2) is 16.4 Å². The van der Waals surface area contributed by atoms with Crippen LogP contribution in [0.4, 0.5) is 11.4 Å². The molecule has 4 heteroatoms. The van der Waals surface area contributed by atoms with E-state index in [-0.39, 0.29) is 18.6 Å². The summed E-state index contributed by atoms with van der Waals surface area (Å²) in [4.78, 5) is 15.6. The molecule has 0 bridgehead atoms. The molecule has 1 aromatic heterocycles. The van der Waals surface area contributed by atoms with E-state index in [4.69, 9.17) is 15.0 Å². The second kappa shape index (κ2) is 11.7. The minimum Gasteiger partial charge on any atom is -0.251 e. The zero-order valence-corrected chi connectivity index (χ0v) is 27.7. The number of aromatic nitrogens is 1. The van der Waals surface area contributed by atoms with Gasteiger partial charge in [0.2, 0.25) is 0 Å². The molecule has 0 aliphatic heterocycles. The first-order chi connectivity index (χ1) is 17.1. The quantitative estimate of drug-likeness (QED) is 0.300. The molecule has 0 saturated heterocycles. The molecule has 3 rings (SSSR count). The normalized spacial score (nSPS) is 12.2. The van der Waals surface area contributed by atoms with Gasteiger partial charge in [0.05, 0.1) is 34.2 Å². The Balaban J connectivity index is 0.00000507. The van der Waals surface area contributed by atoms with E-state index >= 15 is 0 Å². The molecule has 0 N–H and O–H groups in total. The molecule has 0 fully saturated rings. The number of hydrogen-bond acceptors (Lipinski definition) is 3. The average Bonchev–Trinajstić information content (AvgIpc) is 2.87. The molecule has 0 amide bonds. The Hall–Kier alpha value is -2.49. The maximum atomic E-state index is 5.21. The van der Waals surface area contributed by atoms with Crippen molar-refractivity contribution >= 4 is 22.8 Å². The Labute approximate surface area is 243 Å². The van der Waals surface area contributed by atoms with Gasteiger partial charge in [0, 0.05) is 18.6 Å². The van der Waals surface area contributed by atoms with Gasteiger partial charge in [-0.1, -0.05) is 0 Å². The number of pyridine rings is 1. The third-order valence-corrected chi connectivity index (χ3v) is 9.22. The zero-order chi connectivity index (χ0) is 28.1. The van der Waals surface area contributed by atoms with Gasteiger partial charge in [0.1, 0.15) is 0 Å².